The third-order valence-electron chi connectivity index (χ3n) is 17.3. The van der Waals surface area contributed by atoms with Crippen molar-refractivity contribution in [2.45, 2.75) is 106 Å². The number of hydrogen-bond donors (Lipinski definition) is 1. The van der Waals surface area contributed by atoms with Gasteiger partial charge in [0, 0.05) is 19.6 Å². The Morgan fingerprint density at radius 2 is 1.54 bits per heavy atom. The van der Waals surface area contributed by atoms with Gasteiger partial charge in [0.05, 0.1) is 31.7 Å². The molecule has 0 spiro atoms. The van der Waals surface area contributed by atoms with Crippen LogP contribution in [0.15, 0.2) is 72.8 Å². The van der Waals surface area contributed by atoms with E-state index in [0.717, 1.165) is 37.7 Å². The Kier molecular flexibility index (Phi) is 11.3. The van der Waals surface area contributed by atoms with E-state index in [2.05, 4.69) is 88.7 Å². The van der Waals surface area contributed by atoms with Crippen molar-refractivity contribution in [2.24, 2.45) is 56.7 Å². The van der Waals surface area contributed by atoms with E-state index >= 15 is 0 Å². The fourth-order valence-corrected chi connectivity index (χ4v) is 14.3. The van der Waals surface area contributed by atoms with Gasteiger partial charge in [0.2, 0.25) is 5.91 Å². The molecule has 7 nitrogen and oxygen atoms in total. The zero-order chi connectivity index (χ0) is 41.0. The molecule has 0 saturated heterocycles. The van der Waals surface area contributed by atoms with Crippen molar-refractivity contribution in [2.75, 3.05) is 33.9 Å². The van der Waals surface area contributed by atoms with Gasteiger partial charge >= 0.3 is 11.9 Å². The molecule has 0 aliphatic heterocycles. The van der Waals surface area contributed by atoms with Crippen LogP contribution in [-0.2, 0) is 25.6 Å². The lowest BCUT2D eigenvalue weighted by Gasteiger charge is -2.72. The van der Waals surface area contributed by atoms with Crippen molar-refractivity contribution in [3.63, 3.8) is 0 Å². The van der Waals surface area contributed by atoms with E-state index in [4.69, 9.17) is 9.47 Å². The van der Waals surface area contributed by atoms with Crippen molar-refractivity contribution < 1.29 is 23.9 Å². The number of nitrogens with zero attached hydrogens (tertiary/aromatic N) is 1. The number of esters is 2. The Balaban J connectivity index is 1.12. The number of allylic oxidation sites excluding steroid dienone is 3. The highest BCUT2D eigenvalue weighted by Gasteiger charge is 2.71. The van der Waals surface area contributed by atoms with E-state index in [1.54, 1.807) is 0 Å². The maximum atomic E-state index is 14.8. The zero-order valence-corrected chi connectivity index (χ0v) is 36.0. The van der Waals surface area contributed by atoms with Gasteiger partial charge in [-0.25, -0.2) is 4.79 Å². The molecule has 2 aromatic carbocycles. The Morgan fingerprint density at radius 3 is 2.21 bits per heavy atom. The molecule has 4 fully saturated rings. The molecule has 9 unspecified atom stereocenters. The SMILES string of the molecule is C=C(C)C1CCC2(C(=O)NCCN(CC(=O)OC)Cc3ccccc3)CCC3(C)C(CCC4C5(C)CC=C(c6ccc(C(=O)OC)cc6)C(C)(C)C5CCC43C)C12. The Hall–Kier alpha value is -3.71. The number of carbonyl (C=O) groups is 3. The second-order valence-corrected chi connectivity index (χ2v) is 20.0. The molecule has 5 aliphatic carbocycles. The van der Waals surface area contributed by atoms with Gasteiger partial charge in [0.25, 0.3) is 0 Å². The summed E-state index contributed by atoms with van der Waals surface area (Å²) in [5.41, 5.74) is 5.63. The number of amides is 1. The van der Waals surface area contributed by atoms with E-state index < -0.39 is 5.41 Å². The van der Waals surface area contributed by atoms with Crippen LogP contribution in [0.5, 0.6) is 0 Å². The predicted molar refractivity (Wildman–Crippen MR) is 227 cm³/mol. The van der Waals surface area contributed by atoms with E-state index in [9.17, 15) is 14.4 Å². The van der Waals surface area contributed by atoms with E-state index in [-0.39, 0.29) is 52.0 Å². The van der Waals surface area contributed by atoms with Gasteiger partial charge in [-0.1, -0.05) is 95.3 Å². The number of benzene rings is 2. The van der Waals surface area contributed by atoms with Crippen molar-refractivity contribution in [3.05, 3.63) is 89.5 Å². The summed E-state index contributed by atoms with van der Waals surface area (Å²) in [6.45, 7) is 21.5. The van der Waals surface area contributed by atoms with Crippen molar-refractivity contribution in [1.29, 1.82) is 0 Å². The summed E-state index contributed by atoms with van der Waals surface area (Å²) >= 11 is 0. The van der Waals surface area contributed by atoms with Crippen LogP contribution in [0.1, 0.15) is 121 Å². The number of carbonyl (C=O) groups excluding carboxylic acids is 3. The zero-order valence-electron chi connectivity index (χ0n) is 36.0. The van der Waals surface area contributed by atoms with Crippen molar-refractivity contribution in [3.8, 4) is 0 Å². The number of rotatable bonds is 11. The summed E-state index contributed by atoms with van der Waals surface area (Å²) in [5, 5.41) is 3.45. The molecule has 1 amide bonds. The minimum atomic E-state index is -0.390. The molecule has 0 heterocycles. The van der Waals surface area contributed by atoms with E-state index in [1.165, 1.54) is 56.6 Å². The number of nitrogens with one attached hydrogen (secondary N) is 1. The van der Waals surface area contributed by atoms with Crippen LogP contribution in [0.3, 0.4) is 0 Å². The summed E-state index contributed by atoms with van der Waals surface area (Å²) in [6, 6.07) is 18.2. The van der Waals surface area contributed by atoms with Crippen LogP contribution in [-0.4, -0.2) is 56.6 Å². The summed E-state index contributed by atoms with van der Waals surface area (Å²) in [7, 11) is 2.86. The third kappa shape index (κ3) is 6.82. The van der Waals surface area contributed by atoms with Crippen molar-refractivity contribution >= 4 is 23.4 Å². The topological polar surface area (TPSA) is 84.9 Å². The maximum absolute atomic E-state index is 14.8. The van der Waals surface area contributed by atoms with Gasteiger partial charge in [0.1, 0.15) is 0 Å². The first-order valence-corrected chi connectivity index (χ1v) is 21.7. The highest BCUT2D eigenvalue weighted by atomic mass is 16.5. The lowest BCUT2D eigenvalue weighted by molar-refractivity contribution is -0.225. The fraction of sp³-hybridized carbons (Fsp3) is 0.620. The van der Waals surface area contributed by atoms with Crippen LogP contribution >= 0.6 is 0 Å². The van der Waals surface area contributed by atoms with Gasteiger partial charge in [-0.05, 0) is 145 Å². The number of fused-ring (bicyclic) bond motifs is 7. The molecule has 9 atom stereocenters. The largest absolute Gasteiger partial charge is 0.468 e. The molecule has 57 heavy (non-hydrogen) atoms. The summed E-state index contributed by atoms with van der Waals surface area (Å²) in [5.74, 6) is 1.90. The smallest absolute Gasteiger partial charge is 0.337 e. The molecule has 7 rings (SSSR count). The molecular weight excluding hydrogens is 709 g/mol. The molecule has 0 aromatic heterocycles. The van der Waals surface area contributed by atoms with Gasteiger partial charge in [-0.15, -0.1) is 0 Å². The molecular formula is C50H68N2O5. The van der Waals surface area contributed by atoms with Gasteiger partial charge < -0.3 is 14.8 Å². The van der Waals surface area contributed by atoms with Gasteiger partial charge in [-0.2, -0.15) is 0 Å². The number of hydrogen-bond acceptors (Lipinski definition) is 6. The first kappa shape index (κ1) is 41.4. The summed E-state index contributed by atoms with van der Waals surface area (Å²) in [4.78, 5) is 41.4. The Morgan fingerprint density at radius 1 is 0.825 bits per heavy atom. The highest BCUT2D eigenvalue weighted by molar-refractivity contribution is 5.90. The minimum Gasteiger partial charge on any atom is -0.468 e. The second kappa shape index (κ2) is 15.5. The number of methoxy groups -OCH3 is 2. The molecule has 308 valence electrons. The molecule has 0 radical (unpaired) electrons. The first-order valence-electron chi connectivity index (χ1n) is 21.7. The van der Waals surface area contributed by atoms with E-state index in [0.29, 0.717) is 48.9 Å². The molecule has 1 N–H and O–H groups in total. The lowest BCUT2D eigenvalue weighted by atomic mass is 9.32. The average molecular weight is 777 g/mol. The molecule has 7 heteroatoms. The maximum Gasteiger partial charge on any atom is 0.337 e. The highest BCUT2D eigenvalue weighted by Crippen LogP contribution is 2.77. The van der Waals surface area contributed by atoms with Gasteiger partial charge in [0.15, 0.2) is 0 Å². The van der Waals surface area contributed by atoms with Crippen LogP contribution in [0.4, 0.5) is 0 Å². The van der Waals surface area contributed by atoms with Crippen LogP contribution in [0.25, 0.3) is 5.57 Å². The lowest BCUT2D eigenvalue weighted by Crippen LogP contribution is -2.66. The van der Waals surface area contributed by atoms with Crippen LogP contribution in [0.2, 0.25) is 0 Å². The molecule has 5 aliphatic rings. The second-order valence-electron chi connectivity index (χ2n) is 20.0. The monoisotopic (exact) mass is 777 g/mol. The first-order chi connectivity index (χ1) is 27.1. The Bertz CT molecular complexity index is 1890. The van der Waals surface area contributed by atoms with Crippen molar-refractivity contribution in [1.82, 2.24) is 10.2 Å². The Labute approximate surface area is 342 Å². The molecule has 2 aromatic rings. The normalized spacial score (nSPS) is 35.1. The quantitative estimate of drug-likeness (QED) is 0.181. The standard InChI is InChI=1S/C50H68N2O5/c1-33(2)37-21-26-50(45(55)51-29-30-52(32-42(53)56-8)31-34-13-11-10-12-14-34)28-27-48(6)39(43(37)50)19-20-41-47(5)24-22-38(35-15-17-36(18-16-35)44(54)57-9)46(3,4)40(47)23-25-49(41,48)7/h10-18,22,37,39-41,43H,1,19-21,23-32H2,2-9H3,(H,51,55). The minimum absolute atomic E-state index is 0.0112. The molecule has 0 bridgehead atoms. The molecule has 4 saturated carbocycles. The average Bonchev–Trinajstić information content (AvgIpc) is 3.59. The van der Waals surface area contributed by atoms with E-state index in [1.807, 2.05) is 30.3 Å². The number of ether oxygens (including phenoxy) is 2. The van der Waals surface area contributed by atoms with Crippen LogP contribution in [0, 0.1) is 56.7 Å². The predicted octanol–water partition coefficient (Wildman–Crippen LogP) is 9.92. The third-order valence-corrected chi connectivity index (χ3v) is 17.3. The summed E-state index contributed by atoms with van der Waals surface area (Å²) < 4.78 is 10.00. The fourth-order valence-electron chi connectivity index (χ4n) is 14.3. The van der Waals surface area contributed by atoms with Crippen LogP contribution < -0.4 is 5.32 Å². The van der Waals surface area contributed by atoms with Gasteiger partial charge in [-0.3, -0.25) is 14.5 Å². The summed E-state index contributed by atoms with van der Waals surface area (Å²) in [6.07, 6.45) is 12.3.